The zero-order valence-electron chi connectivity index (χ0n) is 8.33. The van der Waals surface area contributed by atoms with Crippen molar-refractivity contribution in [2.24, 2.45) is 0 Å². The maximum absolute atomic E-state index is 2.36. The third-order valence-electron chi connectivity index (χ3n) is 2.28. The Labute approximate surface area is 87.0 Å². The van der Waals surface area contributed by atoms with Crippen LogP contribution in [0.5, 0.6) is 0 Å². The molecule has 0 fully saturated rings. The molecule has 0 aliphatic rings. The Morgan fingerprint density at radius 2 is 1.62 bits per heavy atom. The summed E-state index contributed by atoms with van der Waals surface area (Å²) in [6.07, 6.45) is 2.48. The van der Waals surface area contributed by atoms with E-state index >= 15 is 0 Å². The minimum atomic E-state index is 0. The summed E-state index contributed by atoms with van der Waals surface area (Å²) in [7, 11) is 0. The molecule has 2 heteroatoms. The minimum Gasteiger partial charge on any atom is -1.00 e. The largest absolute Gasteiger partial charge is 1.00 e. The van der Waals surface area contributed by atoms with E-state index in [1.807, 2.05) is 0 Å². The lowest BCUT2D eigenvalue weighted by atomic mass is 10.1. The Morgan fingerprint density at radius 3 is 2.08 bits per heavy atom. The van der Waals surface area contributed by atoms with Crippen LogP contribution in [0.1, 0.15) is 26.7 Å². The van der Waals surface area contributed by atoms with E-state index in [1.165, 1.54) is 18.5 Å². The molecule has 1 aromatic rings. The highest BCUT2D eigenvalue weighted by Crippen LogP contribution is 1.99. The first kappa shape index (κ1) is 12.5. The summed E-state index contributed by atoms with van der Waals surface area (Å²) in [6.45, 7) is 4.49. The molecule has 0 aromatic heterocycles. The molecule has 1 aromatic carbocycles. The smallest absolute Gasteiger partial charge is 0.129 e. The second kappa shape index (κ2) is 6.93. The standard InChI is InChI=1S/C11H17N.ClH/c1-3-10(4-2)12-11-8-6-5-7-9-11;/h5-10,12H,3-4H2,1-2H3;1H. The van der Waals surface area contributed by atoms with Crippen molar-refractivity contribution in [3.63, 3.8) is 0 Å². The Kier molecular flexibility index (Phi) is 6.65. The van der Waals surface area contributed by atoms with Gasteiger partial charge in [-0.3, -0.25) is 0 Å². The van der Waals surface area contributed by atoms with Gasteiger partial charge in [-0.2, -0.15) is 0 Å². The summed E-state index contributed by atoms with van der Waals surface area (Å²) in [5, 5.41) is 2.36. The maximum Gasteiger partial charge on any atom is 0.129 e. The summed E-state index contributed by atoms with van der Waals surface area (Å²) in [6, 6.07) is 11.3. The average Bonchev–Trinajstić information content (AvgIpc) is 2.16. The van der Waals surface area contributed by atoms with E-state index in [1.54, 1.807) is 0 Å². The summed E-state index contributed by atoms with van der Waals surface area (Å²) in [5.41, 5.74) is 1.35. The summed E-state index contributed by atoms with van der Waals surface area (Å²) in [5.74, 6) is 0. The number of para-hydroxylation sites is 1. The van der Waals surface area contributed by atoms with Gasteiger partial charge >= 0.3 is 0 Å². The molecule has 0 bridgehead atoms. The fourth-order valence-electron chi connectivity index (χ4n) is 1.36. The molecule has 0 unspecified atom stereocenters. The van der Waals surface area contributed by atoms with E-state index in [-0.39, 0.29) is 12.4 Å². The predicted molar refractivity (Wildman–Crippen MR) is 52.4 cm³/mol. The molecule has 0 spiro atoms. The van der Waals surface area contributed by atoms with E-state index in [4.69, 9.17) is 0 Å². The fraction of sp³-hybridized carbons (Fsp3) is 0.455. The number of rotatable bonds is 4. The highest BCUT2D eigenvalue weighted by molar-refractivity contribution is 5.26. The van der Waals surface area contributed by atoms with Crippen molar-refractivity contribution < 1.29 is 17.7 Å². The Balaban J connectivity index is 0.00000144. The Bertz CT molecular complexity index is 207. The van der Waals surface area contributed by atoms with E-state index in [0.29, 0.717) is 0 Å². The van der Waals surface area contributed by atoms with E-state index in [9.17, 15) is 0 Å². The monoisotopic (exact) mass is 199 g/mol. The predicted octanol–water partition coefficient (Wildman–Crippen LogP) is -0.926. The van der Waals surface area contributed by atoms with Crippen molar-refractivity contribution in [2.45, 2.75) is 32.7 Å². The van der Waals surface area contributed by atoms with Crippen LogP contribution in [0.3, 0.4) is 0 Å². The third-order valence-corrected chi connectivity index (χ3v) is 2.28. The Hall–Kier alpha value is -0.530. The van der Waals surface area contributed by atoms with Crippen LogP contribution in [-0.2, 0) is 0 Å². The van der Waals surface area contributed by atoms with Crippen molar-refractivity contribution in [1.82, 2.24) is 0 Å². The van der Waals surface area contributed by atoms with Crippen molar-refractivity contribution >= 4 is 5.69 Å². The number of nitrogens with two attached hydrogens (primary N) is 1. The maximum atomic E-state index is 2.36. The van der Waals surface area contributed by atoms with Crippen LogP contribution in [-0.4, -0.2) is 6.04 Å². The molecule has 13 heavy (non-hydrogen) atoms. The van der Waals surface area contributed by atoms with Crippen LogP contribution < -0.4 is 17.7 Å². The third kappa shape index (κ3) is 4.30. The highest BCUT2D eigenvalue weighted by atomic mass is 35.5. The molecule has 0 saturated heterocycles. The van der Waals surface area contributed by atoms with Gasteiger partial charge in [-0.05, 0) is 25.0 Å². The first-order valence-electron chi connectivity index (χ1n) is 4.76. The first-order chi connectivity index (χ1) is 5.86. The van der Waals surface area contributed by atoms with Crippen molar-refractivity contribution in [1.29, 1.82) is 0 Å². The molecule has 2 N–H and O–H groups in total. The number of hydrogen-bond donors (Lipinski definition) is 1. The topological polar surface area (TPSA) is 16.6 Å². The lowest BCUT2D eigenvalue weighted by Gasteiger charge is -2.09. The van der Waals surface area contributed by atoms with Gasteiger partial charge in [0, 0.05) is 0 Å². The first-order valence-corrected chi connectivity index (χ1v) is 4.76. The molecule has 0 heterocycles. The van der Waals surface area contributed by atoms with Crippen LogP contribution in [0.4, 0.5) is 5.69 Å². The number of hydrogen-bond acceptors (Lipinski definition) is 0. The minimum absolute atomic E-state index is 0. The normalized spacial score (nSPS) is 9.77. The summed E-state index contributed by atoms with van der Waals surface area (Å²) in [4.78, 5) is 0. The molecule has 0 saturated carbocycles. The number of quaternary nitrogens is 1. The molecule has 1 rings (SSSR count). The van der Waals surface area contributed by atoms with Gasteiger partial charge in [0.15, 0.2) is 0 Å². The van der Waals surface area contributed by atoms with Gasteiger partial charge in [0.25, 0.3) is 0 Å². The molecule has 1 nitrogen and oxygen atoms in total. The van der Waals surface area contributed by atoms with E-state index < -0.39 is 0 Å². The average molecular weight is 200 g/mol. The van der Waals surface area contributed by atoms with Gasteiger partial charge in [0.05, 0.1) is 6.04 Å². The second-order valence-electron chi connectivity index (χ2n) is 3.15. The van der Waals surface area contributed by atoms with Crippen molar-refractivity contribution in [3.8, 4) is 0 Å². The fourth-order valence-corrected chi connectivity index (χ4v) is 1.36. The van der Waals surface area contributed by atoms with Gasteiger partial charge in [-0.25, -0.2) is 0 Å². The van der Waals surface area contributed by atoms with Crippen molar-refractivity contribution in [3.05, 3.63) is 30.3 Å². The van der Waals surface area contributed by atoms with Gasteiger partial charge in [-0.1, -0.05) is 32.0 Å². The van der Waals surface area contributed by atoms with Crippen LogP contribution in [0.15, 0.2) is 30.3 Å². The van der Waals surface area contributed by atoms with Gasteiger partial charge in [0.2, 0.25) is 0 Å². The molecule has 0 amide bonds. The zero-order chi connectivity index (χ0) is 8.81. The van der Waals surface area contributed by atoms with Crippen LogP contribution >= 0.6 is 0 Å². The molecule has 0 aliphatic carbocycles. The molecule has 74 valence electrons. The van der Waals surface area contributed by atoms with Gasteiger partial charge < -0.3 is 17.7 Å². The molecule has 0 atom stereocenters. The zero-order valence-corrected chi connectivity index (χ0v) is 9.09. The molecular formula is C11H18ClN. The van der Waals surface area contributed by atoms with Gasteiger partial charge in [0.1, 0.15) is 5.69 Å². The lowest BCUT2D eigenvalue weighted by Crippen LogP contribution is -3.00. The molecule has 0 radical (unpaired) electrons. The van der Waals surface area contributed by atoms with Crippen molar-refractivity contribution in [2.75, 3.05) is 0 Å². The van der Waals surface area contributed by atoms with Crippen LogP contribution in [0, 0.1) is 0 Å². The van der Waals surface area contributed by atoms with Crippen LogP contribution in [0.2, 0.25) is 0 Å². The van der Waals surface area contributed by atoms with E-state index in [0.717, 1.165) is 6.04 Å². The summed E-state index contributed by atoms with van der Waals surface area (Å²) >= 11 is 0. The van der Waals surface area contributed by atoms with Crippen LogP contribution in [0.25, 0.3) is 0 Å². The second-order valence-corrected chi connectivity index (χ2v) is 3.15. The molecular weight excluding hydrogens is 182 g/mol. The number of benzene rings is 1. The Morgan fingerprint density at radius 1 is 1.08 bits per heavy atom. The highest BCUT2D eigenvalue weighted by Gasteiger charge is 2.06. The lowest BCUT2D eigenvalue weighted by molar-refractivity contribution is -0.611. The molecule has 0 aliphatic heterocycles. The number of halogens is 1. The summed E-state index contributed by atoms with van der Waals surface area (Å²) < 4.78 is 0. The van der Waals surface area contributed by atoms with Gasteiger partial charge in [-0.15, -0.1) is 0 Å². The SMILES string of the molecule is CCC(CC)[NH2+]c1ccccc1.[Cl-]. The van der Waals surface area contributed by atoms with E-state index in [2.05, 4.69) is 49.5 Å². The quantitative estimate of drug-likeness (QED) is 0.604.